The van der Waals surface area contributed by atoms with E-state index in [0.29, 0.717) is 5.41 Å². The molecule has 4 rings (SSSR count). The maximum absolute atomic E-state index is 6.53. The summed E-state index contributed by atoms with van der Waals surface area (Å²) in [5.41, 5.74) is 5.15. The summed E-state index contributed by atoms with van der Waals surface area (Å²) in [5.74, 6) is 0.844. The zero-order valence-electron chi connectivity index (χ0n) is 10.0. The van der Waals surface area contributed by atoms with E-state index in [2.05, 4.69) is 24.3 Å². The van der Waals surface area contributed by atoms with E-state index in [-0.39, 0.29) is 0 Å². The van der Waals surface area contributed by atoms with Crippen LogP contribution >= 0.6 is 11.6 Å². The van der Waals surface area contributed by atoms with Crippen molar-refractivity contribution in [2.45, 2.75) is 43.9 Å². The minimum absolute atomic E-state index is 0.413. The van der Waals surface area contributed by atoms with Gasteiger partial charge in [-0.1, -0.05) is 35.4 Å². The molecule has 2 unspecified atom stereocenters. The van der Waals surface area contributed by atoms with Crippen LogP contribution in [-0.2, 0) is 11.8 Å². The molecule has 0 radical (unpaired) electrons. The zero-order chi connectivity index (χ0) is 11.5. The third kappa shape index (κ3) is 1.25. The largest absolute Gasteiger partial charge is 0.0850 e. The first-order chi connectivity index (χ1) is 8.29. The Kier molecular flexibility index (Phi) is 2.03. The fourth-order valence-corrected chi connectivity index (χ4v) is 4.93. The van der Waals surface area contributed by atoms with Gasteiger partial charge < -0.3 is 0 Å². The predicted molar refractivity (Wildman–Crippen MR) is 71.5 cm³/mol. The summed E-state index contributed by atoms with van der Waals surface area (Å²) in [6.07, 6.45) is 10.3. The standard InChI is InChI=1S/C16H17Cl/c17-14-5-1-3-12-4-2-8-16(15(12)14)10-11-6-7-13(16)9-11/h1,3,5-6,13H,2,4,7-10H2. The second-order valence-corrected chi connectivity index (χ2v) is 6.37. The smallest absolute Gasteiger partial charge is 0.0446 e. The van der Waals surface area contributed by atoms with Crippen LogP contribution in [0.25, 0.3) is 0 Å². The number of halogens is 1. The fraction of sp³-hybridized carbons (Fsp3) is 0.500. The molecule has 0 nitrogen and oxygen atoms in total. The minimum Gasteiger partial charge on any atom is -0.0850 e. The highest BCUT2D eigenvalue weighted by Gasteiger charge is 2.50. The van der Waals surface area contributed by atoms with Crippen molar-refractivity contribution >= 4 is 11.6 Å². The summed E-state index contributed by atoms with van der Waals surface area (Å²) >= 11 is 6.53. The molecule has 1 saturated carbocycles. The molecule has 1 fully saturated rings. The highest BCUT2D eigenvalue weighted by Crippen LogP contribution is 2.59. The van der Waals surface area contributed by atoms with Gasteiger partial charge in [-0.25, -0.2) is 0 Å². The molecular weight excluding hydrogens is 228 g/mol. The van der Waals surface area contributed by atoms with Gasteiger partial charge >= 0.3 is 0 Å². The highest BCUT2D eigenvalue weighted by molar-refractivity contribution is 6.31. The molecule has 2 atom stereocenters. The third-order valence-electron chi connectivity index (χ3n) is 5.19. The van der Waals surface area contributed by atoms with Crippen molar-refractivity contribution in [2.75, 3.05) is 0 Å². The fourth-order valence-electron chi connectivity index (χ4n) is 4.55. The third-order valence-corrected chi connectivity index (χ3v) is 5.51. The maximum atomic E-state index is 6.53. The summed E-state index contributed by atoms with van der Waals surface area (Å²) < 4.78 is 0. The molecule has 3 aliphatic carbocycles. The lowest BCUT2D eigenvalue weighted by atomic mass is 9.62. The lowest BCUT2D eigenvalue weighted by molar-refractivity contribution is 0.270. The monoisotopic (exact) mass is 244 g/mol. The first kappa shape index (κ1) is 10.2. The Morgan fingerprint density at radius 3 is 3.00 bits per heavy atom. The number of benzene rings is 1. The topological polar surface area (TPSA) is 0 Å². The maximum Gasteiger partial charge on any atom is 0.0446 e. The lowest BCUT2D eigenvalue weighted by Crippen LogP contribution is -2.35. The molecule has 17 heavy (non-hydrogen) atoms. The Bertz CT molecular complexity index is 514. The predicted octanol–water partition coefficient (Wildman–Crippen LogP) is 4.65. The number of hydrogen-bond acceptors (Lipinski definition) is 0. The Hall–Kier alpha value is -0.750. The van der Waals surface area contributed by atoms with E-state index in [1.165, 1.54) is 49.7 Å². The number of allylic oxidation sites excluding steroid dienone is 2. The Morgan fingerprint density at radius 2 is 2.24 bits per heavy atom. The van der Waals surface area contributed by atoms with Crippen LogP contribution < -0.4 is 0 Å². The summed E-state index contributed by atoms with van der Waals surface area (Å²) in [7, 11) is 0. The van der Waals surface area contributed by atoms with Crippen LogP contribution in [0.2, 0.25) is 5.02 Å². The Morgan fingerprint density at radius 1 is 1.29 bits per heavy atom. The van der Waals surface area contributed by atoms with Crippen molar-refractivity contribution in [3.8, 4) is 0 Å². The van der Waals surface area contributed by atoms with Crippen molar-refractivity contribution in [3.05, 3.63) is 46.0 Å². The van der Waals surface area contributed by atoms with E-state index >= 15 is 0 Å². The van der Waals surface area contributed by atoms with Crippen molar-refractivity contribution in [1.29, 1.82) is 0 Å². The second-order valence-electron chi connectivity index (χ2n) is 5.96. The highest BCUT2D eigenvalue weighted by atomic mass is 35.5. The lowest BCUT2D eigenvalue weighted by Gasteiger charge is -2.42. The summed E-state index contributed by atoms with van der Waals surface area (Å²) in [5, 5.41) is 1.02. The van der Waals surface area contributed by atoms with E-state index in [9.17, 15) is 0 Å². The molecule has 0 aromatic heterocycles. The SMILES string of the molecule is Clc1cccc2c1C1(CCC2)CC2=CCC1C2. The van der Waals surface area contributed by atoms with Gasteiger partial charge in [-0.05, 0) is 61.6 Å². The zero-order valence-corrected chi connectivity index (χ0v) is 10.8. The van der Waals surface area contributed by atoms with Crippen molar-refractivity contribution in [3.63, 3.8) is 0 Å². The average molecular weight is 245 g/mol. The van der Waals surface area contributed by atoms with Crippen LogP contribution in [-0.4, -0.2) is 0 Å². The number of aryl methyl sites for hydroxylation is 1. The molecule has 1 aromatic carbocycles. The number of rotatable bonds is 0. The van der Waals surface area contributed by atoms with Crippen LogP contribution in [0.3, 0.4) is 0 Å². The number of fused-ring (bicyclic) bond motifs is 5. The molecule has 0 heterocycles. The van der Waals surface area contributed by atoms with Gasteiger partial charge in [0.2, 0.25) is 0 Å². The van der Waals surface area contributed by atoms with Gasteiger partial charge in [0.15, 0.2) is 0 Å². The van der Waals surface area contributed by atoms with Gasteiger partial charge in [-0.2, -0.15) is 0 Å². The van der Waals surface area contributed by atoms with Crippen LogP contribution in [0.4, 0.5) is 0 Å². The van der Waals surface area contributed by atoms with Crippen LogP contribution in [0, 0.1) is 5.92 Å². The van der Waals surface area contributed by atoms with Gasteiger partial charge in [0.05, 0.1) is 0 Å². The molecule has 3 aliphatic rings. The quantitative estimate of drug-likeness (QED) is 0.583. The van der Waals surface area contributed by atoms with Crippen LogP contribution in [0.1, 0.15) is 43.2 Å². The van der Waals surface area contributed by atoms with E-state index in [4.69, 9.17) is 11.6 Å². The molecule has 1 aromatic rings. The molecule has 0 N–H and O–H groups in total. The normalized spacial score (nSPS) is 33.9. The molecule has 88 valence electrons. The summed E-state index contributed by atoms with van der Waals surface area (Å²) in [4.78, 5) is 0. The van der Waals surface area contributed by atoms with Gasteiger partial charge in [0.25, 0.3) is 0 Å². The molecule has 0 saturated heterocycles. The van der Waals surface area contributed by atoms with Gasteiger partial charge in [0.1, 0.15) is 0 Å². The Labute approximate surface area is 108 Å². The van der Waals surface area contributed by atoms with Crippen molar-refractivity contribution < 1.29 is 0 Å². The van der Waals surface area contributed by atoms with E-state index in [0.717, 1.165) is 10.9 Å². The number of hydrogen-bond donors (Lipinski definition) is 0. The van der Waals surface area contributed by atoms with Crippen molar-refractivity contribution in [2.24, 2.45) is 5.92 Å². The van der Waals surface area contributed by atoms with Crippen molar-refractivity contribution in [1.82, 2.24) is 0 Å². The van der Waals surface area contributed by atoms with Crippen LogP contribution in [0.5, 0.6) is 0 Å². The van der Waals surface area contributed by atoms with E-state index in [1.807, 2.05) is 0 Å². The molecule has 0 amide bonds. The Balaban J connectivity index is 1.94. The van der Waals surface area contributed by atoms with Gasteiger partial charge in [0, 0.05) is 10.4 Å². The second kappa shape index (κ2) is 3.38. The van der Waals surface area contributed by atoms with E-state index < -0.39 is 0 Å². The summed E-state index contributed by atoms with van der Waals surface area (Å²) in [6, 6.07) is 6.50. The molecule has 1 spiro atoms. The average Bonchev–Trinajstić information content (AvgIpc) is 2.90. The van der Waals surface area contributed by atoms with E-state index in [1.54, 1.807) is 5.57 Å². The first-order valence-corrected chi connectivity index (χ1v) is 7.13. The van der Waals surface area contributed by atoms with Gasteiger partial charge in [-0.15, -0.1) is 0 Å². The molecule has 2 bridgehead atoms. The van der Waals surface area contributed by atoms with Crippen LogP contribution in [0.15, 0.2) is 29.8 Å². The molecule has 1 heteroatoms. The van der Waals surface area contributed by atoms with Gasteiger partial charge in [-0.3, -0.25) is 0 Å². The minimum atomic E-state index is 0.413. The summed E-state index contributed by atoms with van der Waals surface area (Å²) in [6.45, 7) is 0. The molecule has 0 aliphatic heterocycles. The molecular formula is C16H17Cl. The first-order valence-electron chi connectivity index (χ1n) is 6.75.